The fraction of sp³-hybridized carbons (Fsp3) is 0.0870. The van der Waals surface area contributed by atoms with E-state index in [1.54, 1.807) is 24.3 Å². The van der Waals surface area contributed by atoms with Crippen molar-refractivity contribution < 1.29 is 9.21 Å². The van der Waals surface area contributed by atoms with Gasteiger partial charge in [-0.15, -0.1) is 0 Å². The Balaban J connectivity index is 1.49. The lowest BCUT2D eigenvalue weighted by atomic mass is 10.1. The molecule has 1 amide bonds. The van der Waals surface area contributed by atoms with E-state index in [1.807, 2.05) is 24.3 Å². The largest absolute Gasteiger partial charge is 0.436 e. The van der Waals surface area contributed by atoms with Gasteiger partial charge in [0.05, 0.1) is 0 Å². The highest BCUT2D eigenvalue weighted by Gasteiger charge is 2.11. The zero-order valence-corrected chi connectivity index (χ0v) is 18.7. The van der Waals surface area contributed by atoms with Crippen LogP contribution in [-0.4, -0.2) is 16.0 Å². The van der Waals surface area contributed by atoms with Crippen LogP contribution < -0.4 is 10.6 Å². The Morgan fingerprint density at radius 1 is 1.00 bits per heavy atom. The van der Waals surface area contributed by atoms with Gasteiger partial charge in [0.2, 0.25) is 5.89 Å². The minimum atomic E-state index is -0.278. The molecular formula is C23H18BrN3O2S. The number of aryl methyl sites for hydroxylation is 2. The fourth-order valence-electron chi connectivity index (χ4n) is 2.94. The van der Waals surface area contributed by atoms with E-state index >= 15 is 0 Å². The summed E-state index contributed by atoms with van der Waals surface area (Å²) < 4.78 is 6.80. The van der Waals surface area contributed by atoms with Crippen molar-refractivity contribution in [3.63, 3.8) is 0 Å². The van der Waals surface area contributed by atoms with Gasteiger partial charge in [0.25, 0.3) is 5.91 Å². The topological polar surface area (TPSA) is 67.2 Å². The van der Waals surface area contributed by atoms with Gasteiger partial charge in [-0.1, -0.05) is 22.0 Å². The number of carbonyl (C=O) groups excluding carboxylic acids is 1. The van der Waals surface area contributed by atoms with Gasteiger partial charge in [-0.25, -0.2) is 4.98 Å². The van der Waals surface area contributed by atoms with E-state index in [2.05, 4.69) is 57.5 Å². The fourth-order valence-corrected chi connectivity index (χ4v) is 3.42. The van der Waals surface area contributed by atoms with Gasteiger partial charge in [-0.2, -0.15) is 0 Å². The third-order valence-corrected chi connectivity index (χ3v) is 5.47. The number of nitrogens with one attached hydrogen (secondary N) is 2. The molecule has 0 saturated carbocycles. The minimum Gasteiger partial charge on any atom is -0.436 e. The molecule has 1 heterocycles. The van der Waals surface area contributed by atoms with Gasteiger partial charge in [0, 0.05) is 21.3 Å². The lowest BCUT2D eigenvalue weighted by Crippen LogP contribution is -2.34. The Hall–Kier alpha value is -3.03. The predicted molar refractivity (Wildman–Crippen MR) is 127 cm³/mol. The maximum Gasteiger partial charge on any atom is 0.257 e. The first-order valence-electron chi connectivity index (χ1n) is 9.25. The summed E-state index contributed by atoms with van der Waals surface area (Å²) in [5.74, 6) is 0.288. The quantitative estimate of drug-likeness (QED) is 0.352. The van der Waals surface area contributed by atoms with Crippen LogP contribution in [0.15, 0.2) is 69.6 Å². The number of hydrogen-bond acceptors (Lipinski definition) is 4. The highest BCUT2D eigenvalue weighted by Crippen LogP contribution is 2.27. The Labute approximate surface area is 187 Å². The summed E-state index contributed by atoms with van der Waals surface area (Å²) in [4.78, 5) is 16.9. The number of hydrogen-bond donors (Lipinski definition) is 2. The normalized spacial score (nSPS) is 10.8. The lowest BCUT2D eigenvalue weighted by Gasteiger charge is -2.09. The molecule has 2 N–H and O–H groups in total. The summed E-state index contributed by atoms with van der Waals surface area (Å²) in [5, 5.41) is 5.91. The van der Waals surface area contributed by atoms with E-state index in [4.69, 9.17) is 16.6 Å². The molecule has 0 aliphatic heterocycles. The number of amides is 1. The van der Waals surface area contributed by atoms with Crippen LogP contribution in [0.1, 0.15) is 21.5 Å². The standard InChI is InChI=1S/C23H18BrN3O2S/c1-13-3-4-16(11-14(13)2)22-26-19-12-18(9-10-20(19)29-22)25-23(30)27-21(28)15-5-7-17(24)8-6-15/h3-12H,1-2H3,(H2,25,27,28,30). The molecule has 30 heavy (non-hydrogen) atoms. The monoisotopic (exact) mass is 479 g/mol. The molecule has 0 saturated heterocycles. The summed E-state index contributed by atoms with van der Waals surface area (Å²) in [6, 6.07) is 18.7. The number of carbonyl (C=O) groups is 1. The van der Waals surface area contributed by atoms with Gasteiger partial charge in [-0.05, 0) is 91.8 Å². The number of anilines is 1. The van der Waals surface area contributed by atoms with Crippen molar-refractivity contribution in [2.24, 2.45) is 0 Å². The second-order valence-corrected chi connectivity index (χ2v) is 8.24. The number of nitrogens with zero attached hydrogens (tertiary/aromatic N) is 1. The first-order valence-corrected chi connectivity index (χ1v) is 10.5. The summed E-state index contributed by atoms with van der Waals surface area (Å²) >= 11 is 8.62. The Bertz CT molecular complexity index is 1270. The van der Waals surface area contributed by atoms with Crippen LogP contribution in [0.5, 0.6) is 0 Å². The number of oxazole rings is 1. The molecule has 150 valence electrons. The lowest BCUT2D eigenvalue weighted by molar-refractivity contribution is 0.0977. The third kappa shape index (κ3) is 4.42. The van der Waals surface area contributed by atoms with E-state index in [1.165, 1.54) is 11.1 Å². The Kier molecular flexibility index (Phi) is 5.65. The molecule has 0 aliphatic rings. The van der Waals surface area contributed by atoms with E-state index < -0.39 is 0 Å². The highest BCUT2D eigenvalue weighted by atomic mass is 79.9. The van der Waals surface area contributed by atoms with Crippen LogP contribution in [-0.2, 0) is 0 Å². The maximum absolute atomic E-state index is 12.3. The Morgan fingerprint density at radius 2 is 1.77 bits per heavy atom. The minimum absolute atomic E-state index is 0.208. The molecule has 0 aliphatic carbocycles. The number of benzene rings is 3. The van der Waals surface area contributed by atoms with Gasteiger partial charge in [0.1, 0.15) is 5.52 Å². The number of rotatable bonds is 3. The molecule has 4 aromatic rings. The van der Waals surface area contributed by atoms with E-state index in [0.29, 0.717) is 28.2 Å². The SMILES string of the molecule is Cc1ccc(-c2nc3cc(NC(=S)NC(=O)c4ccc(Br)cc4)ccc3o2)cc1C. The van der Waals surface area contributed by atoms with Crippen LogP contribution in [0, 0.1) is 13.8 Å². The van der Waals surface area contributed by atoms with Gasteiger partial charge < -0.3 is 9.73 Å². The zero-order chi connectivity index (χ0) is 21.3. The van der Waals surface area contributed by atoms with Crippen LogP contribution in [0.3, 0.4) is 0 Å². The highest BCUT2D eigenvalue weighted by molar-refractivity contribution is 9.10. The van der Waals surface area contributed by atoms with Crippen molar-refractivity contribution >= 4 is 56.0 Å². The van der Waals surface area contributed by atoms with Crippen LogP contribution in [0.25, 0.3) is 22.6 Å². The van der Waals surface area contributed by atoms with Crippen molar-refractivity contribution in [3.8, 4) is 11.5 Å². The average Bonchev–Trinajstić information content (AvgIpc) is 3.13. The second kappa shape index (κ2) is 8.38. The molecule has 0 unspecified atom stereocenters. The van der Waals surface area contributed by atoms with Gasteiger partial charge in [-0.3, -0.25) is 10.1 Å². The molecule has 0 atom stereocenters. The predicted octanol–water partition coefficient (Wildman–Crippen LogP) is 6.00. The molecule has 5 nitrogen and oxygen atoms in total. The summed E-state index contributed by atoms with van der Waals surface area (Å²) in [5.41, 5.74) is 5.95. The van der Waals surface area contributed by atoms with Crippen LogP contribution >= 0.6 is 28.1 Å². The summed E-state index contributed by atoms with van der Waals surface area (Å²) in [7, 11) is 0. The molecule has 7 heteroatoms. The van der Waals surface area contributed by atoms with E-state index in [0.717, 1.165) is 10.0 Å². The zero-order valence-electron chi connectivity index (χ0n) is 16.3. The number of fused-ring (bicyclic) bond motifs is 1. The van der Waals surface area contributed by atoms with Gasteiger partial charge >= 0.3 is 0 Å². The van der Waals surface area contributed by atoms with Crippen molar-refractivity contribution in [1.29, 1.82) is 0 Å². The molecule has 1 aromatic heterocycles. The first kappa shape index (κ1) is 20.3. The number of thiocarbonyl (C=S) groups is 1. The second-order valence-electron chi connectivity index (χ2n) is 6.92. The van der Waals surface area contributed by atoms with Crippen molar-refractivity contribution in [3.05, 3.63) is 81.8 Å². The molecule has 0 radical (unpaired) electrons. The van der Waals surface area contributed by atoms with Crippen molar-refractivity contribution in [1.82, 2.24) is 10.3 Å². The number of halogens is 1. The molecule has 0 spiro atoms. The van der Waals surface area contributed by atoms with Crippen LogP contribution in [0.2, 0.25) is 0 Å². The number of aromatic nitrogens is 1. The van der Waals surface area contributed by atoms with Crippen LogP contribution in [0.4, 0.5) is 5.69 Å². The molecular weight excluding hydrogens is 462 g/mol. The summed E-state index contributed by atoms with van der Waals surface area (Å²) in [6.07, 6.45) is 0. The molecule has 0 bridgehead atoms. The Morgan fingerprint density at radius 3 is 2.50 bits per heavy atom. The maximum atomic E-state index is 12.3. The third-order valence-electron chi connectivity index (χ3n) is 4.73. The average molecular weight is 480 g/mol. The molecule has 4 rings (SSSR count). The van der Waals surface area contributed by atoms with Gasteiger partial charge in [0.15, 0.2) is 10.7 Å². The first-order chi connectivity index (χ1) is 14.4. The smallest absolute Gasteiger partial charge is 0.257 e. The van der Waals surface area contributed by atoms with Crippen molar-refractivity contribution in [2.45, 2.75) is 13.8 Å². The van der Waals surface area contributed by atoms with Crippen molar-refractivity contribution in [2.75, 3.05) is 5.32 Å². The molecule has 0 fully saturated rings. The van der Waals surface area contributed by atoms with E-state index in [-0.39, 0.29) is 11.0 Å². The summed E-state index contributed by atoms with van der Waals surface area (Å²) in [6.45, 7) is 4.13. The molecule has 3 aromatic carbocycles. The van der Waals surface area contributed by atoms with E-state index in [9.17, 15) is 4.79 Å².